The fourth-order valence-electron chi connectivity index (χ4n) is 6.38. The maximum atomic E-state index is 12.9. The molecule has 6 nitrogen and oxygen atoms in total. The lowest BCUT2D eigenvalue weighted by Gasteiger charge is -2.55. The Kier molecular flexibility index (Phi) is 5.17. The second-order valence-electron chi connectivity index (χ2n) is 9.54. The summed E-state index contributed by atoms with van der Waals surface area (Å²) in [6.45, 7) is 1.56. The number of carbonyl (C=O) groups excluding carboxylic acids is 3. The number of ether oxygens (including phenoxy) is 1. The Morgan fingerprint density at radius 2 is 1.48 bits per heavy atom. The maximum Gasteiger partial charge on any atom is 0.321 e. The van der Waals surface area contributed by atoms with E-state index in [2.05, 4.69) is 10.6 Å². The summed E-state index contributed by atoms with van der Waals surface area (Å²) < 4.78 is 5.56. The predicted octanol–water partition coefficient (Wildman–Crippen LogP) is 3.29. The topological polar surface area (TPSA) is 84.5 Å². The van der Waals surface area contributed by atoms with Gasteiger partial charge in [0.1, 0.15) is 0 Å². The lowest BCUT2D eigenvalue weighted by atomic mass is 9.49. The maximum absolute atomic E-state index is 12.9. The number of amides is 3. The summed E-state index contributed by atoms with van der Waals surface area (Å²) in [5.41, 5.74) is -0.381. The van der Waals surface area contributed by atoms with Crippen LogP contribution in [0, 0.1) is 23.2 Å². The summed E-state index contributed by atoms with van der Waals surface area (Å²) in [5.74, 6) is 1.18. The van der Waals surface area contributed by atoms with E-state index in [1.54, 1.807) is 6.92 Å². The van der Waals surface area contributed by atoms with Gasteiger partial charge in [-0.15, -0.1) is 0 Å². The van der Waals surface area contributed by atoms with Crippen LogP contribution in [0.25, 0.3) is 0 Å². The zero-order chi connectivity index (χ0) is 19.0. The molecule has 0 aromatic heterocycles. The highest BCUT2D eigenvalue weighted by Gasteiger charge is 2.55. The lowest BCUT2D eigenvalue weighted by Crippen LogP contribution is -2.52. The molecule has 0 spiro atoms. The van der Waals surface area contributed by atoms with Crippen LogP contribution >= 0.6 is 0 Å². The average Bonchev–Trinajstić information content (AvgIpc) is 2.61. The number of hydrogen-bond donors (Lipinski definition) is 2. The molecule has 5 aliphatic rings. The molecular weight excluding hydrogens is 344 g/mol. The van der Waals surface area contributed by atoms with E-state index in [1.165, 1.54) is 25.7 Å². The van der Waals surface area contributed by atoms with Crippen LogP contribution in [0.5, 0.6) is 0 Å². The number of imide groups is 1. The Hall–Kier alpha value is -1.59. The van der Waals surface area contributed by atoms with Crippen LogP contribution < -0.4 is 10.6 Å². The molecule has 0 radical (unpaired) electrons. The van der Waals surface area contributed by atoms with Crippen molar-refractivity contribution in [3.8, 4) is 0 Å². The van der Waals surface area contributed by atoms with Gasteiger partial charge in [0, 0.05) is 6.04 Å². The van der Waals surface area contributed by atoms with E-state index in [0.717, 1.165) is 44.9 Å². The number of nitrogens with one attached hydrogen (secondary N) is 2. The van der Waals surface area contributed by atoms with Gasteiger partial charge in [0.15, 0.2) is 6.10 Å². The molecule has 0 heterocycles. The highest BCUT2D eigenvalue weighted by atomic mass is 16.5. The van der Waals surface area contributed by atoms with Crippen molar-refractivity contribution < 1.29 is 19.1 Å². The third-order valence-corrected chi connectivity index (χ3v) is 7.30. The molecule has 5 aliphatic carbocycles. The second kappa shape index (κ2) is 7.44. The van der Waals surface area contributed by atoms with E-state index in [4.69, 9.17) is 4.74 Å². The second-order valence-corrected chi connectivity index (χ2v) is 9.54. The zero-order valence-corrected chi connectivity index (χ0v) is 16.3. The van der Waals surface area contributed by atoms with E-state index < -0.39 is 18.0 Å². The molecule has 2 N–H and O–H groups in total. The molecule has 1 atom stereocenters. The number of urea groups is 1. The minimum Gasteiger partial charge on any atom is -0.452 e. The smallest absolute Gasteiger partial charge is 0.321 e. The summed E-state index contributed by atoms with van der Waals surface area (Å²) in [5, 5.41) is 5.20. The molecule has 5 rings (SSSR count). The Morgan fingerprint density at radius 3 is 2.04 bits per heavy atom. The fourth-order valence-corrected chi connectivity index (χ4v) is 6.38. The fraction of sp³-hybridized carbons (Fsp3) is 0.857. The standard InChI is InChI=1S/C21H32N2O4/c1-13(18(24)23-20(26)22-17-5-3-2-4-6-17)27-19(25)21-10-14-7-15(11-21)9-16(8-14)12-21/h13-17H,2-12H2,1H3,(H2,22,23,24,26)/t13-,14?,15?,16?,21?/m0/s1. The molecule has 0 aromatic carbocycles. The highest BCUT2D eigenvalue weighted by Crippen LogP contribution is 2.60. The van der Waals surface area contributed by atoms with E-state index in [9.17, 15) is 14.4 Å². The highest BCUT2D eigenvalue weighted by molar-refractivity contribution is 5.97. The van der Waals surface area contributed by atoms with E-state index in [0.29, 0.717) is 17.8 Å². The van der Waals surface area contributed by atoms with Crippen LogP contribution in [0.3, 0.4) is 0 Å². The third-order valence-electron chi connectivity index (χ3n) is 7.30. The van der Waals surface area contributed by atoms with Gasteiger partial charge in [-0.05, 0) is 76.0 Å². The largest absolute Gasteiger partial charge is 0.452 e. The van der Waals surface area contributed by atoms with Gasteiger partial charge in [0.05, 0.1) is 5.41 Å². The van der Waals surface area contributed by atoms with E-state index >= 15 is 0 Å². The molecule has 5 saturated carbocycles. The van der Waals surface area contributed by atoms with E-state index in [1.807, 2.05) is 0 Å². The van der Waals surface area contributed by atoms with Crippen LogP contribution in [-0.4, -0.2) is 30.1 Å². The monoisotopic (exact) mass is 376 g/mol. The van der Waals surface area contributed by atoms with E-state index in [-0.39, 0.29) is 17.4 Å². The van der Waals surface area contributed by atoms with Gasteiger partial charge in [0.2, 0.25) is 0 Å². The summed E-state index contributed by atoms with van der Waals surface area (Å²) in [7, 11) is 0. The van der Waals surface area contributed by atoms with Crippen molar-refractivity contribution in [1.82, 2.24) is 10.6 Å². The molecule has 5 fully saturated rings. The molecule has 0 unspecified atom stereocenters. The van der Waals surface area contributed by atoms with Gasteiger partial charge in [-0.3, -0.25) is 14.9 Å². The Labute approximate surface area is 161 Å². The van der Waals surface area contributed by atoms with Crippen molar-refractivity contribution >= 4 is 17.9 Å². The number of carbonyl (C=O) groups is 3. The van der Waals surface area contributed by atoms with Crippen molar-refractivity contribution in [2.24, 2.45) is 23.2 Å². The van der Waals surface area contributed by atoms with Crippen molar-refractivity contribution in [2.45, 2.75) is 89.7 Å². The first kappa shape index (κ1) is 18.8. The molecular formula is C21H32N2O4. The molecule has 3 amide bonds. The normalized spacial score (nSPS) is 36.1. The first-order valence-electron chi connectivity index (χ1n) is 10.8. The first-order chi connectivity index (χ1) is 12.9. The zero-order valence-electron chi connectivity index (χ0n) is 16.3. The van der Waals surface area contributed by atoms with Gasteiger partial charge >= 0.3 is 12.0 Å². The van der Waals surface area contributed by atoms with Gasteiger partial charge in [-0.2, -0.15) is 0 Å². The number of esters is 1. The van der Waals surface area contributed by atoms with Crippen molar-refractivity contribution in [1.29, 1.82) is 0 Å². The molecule has 0 aliphatic heterocycles. The van der Waals surface area contributed by atoms with Gasteiger partial charge in [-0.1, -0.05) is 19.3 Å². The predicted molar refractivity (Wildman–Crippen MR) is 99.7 cm³/mol. The molecule has 4 bridgehead atoms. The molecule has 0 saturated heterocycles. The van der Waals surface area contributed by atoms with Crippen LogP contribution in [-0.2, 0) is 14.3 Å². The summed E-state index contributed by atoms with van der Waals surface area (Å²) in [6.07, 6.45) is 10.9. The van der Waals surface area contributed by atoms with Crippen LogP contribution in [0.2, 0.25) is 0 Å². The first-order valence-corrected chi connectivity index (χ1v) is 10.8. The Bertz CT molecular complexity index is 576. The summed E-state index contributed by atoms with van der Waals surface area (Å²) in [6, 6.07) is -0.346. The summed E-state index contributed by atoms with van der Waals surface area (Å²) in [4.78, 5) is 37.3. The Balaban J connectivity index is 1.28. The van der Waals surface area contributed by atoms with Crippen molar-refractivity contribution in [2.75, 3.05) is 0 Å². The minimum absolute atomic E-state index is 0.136. The molecule has 150 valence electrons. The quantitative estimate of drug-likeness (QED) is 0.738. The van der Waals surface area contributed by atoms with Crippen LogP contribution in [0.4, 0.5) is 4.79 Å². The lowest BCUT2D eigenvalue weighted by molar-refractivity contribution is -0.178. The van der Waals surface area contributed by atoms with Gasteiger partial charge < -0.3 is 10.1 Å². The average molecular weight is 376 g/mol. The van der Waals surface area contributed by atoms with Crippen LogP contribution in [0.1, 0.15) is 77.6 Å². The number of rotatable bonds is 4. The third kappa shape index (κ3) is 3.99. The number of hydrogen-bond acceptors (Lipinski definition) is 4. The van der Waals surface area contributed by atoms with Crippen LogP contribution in [0.15, 0.2) is 0 Å². The molecule has 27 heavy (non-hydrogen) atoms. The van der Waals surface area contributed by atoms with Crippen molar-refractivity contribution in [3.63, 3.8) is 0 Å². The Morgan fingerprint density at radius 1 is 0.926 bits per heavy atom. The SMILES string of the molecule is C[C@H](OC(=O)C12CC3CC(CC(C3)C1)C2)C(=O)NC(=O)NC1CCCCC1. The van der Waals surface area contributed by atoms with Crippen molar-refractivity contribution in [3.05, 3.63) is 0 Å². The minimum atomic E-state index is -0.942. The van der Waals surface area contributed by atoms with Gasteiger partial charge in [-0.25, -0.2) is 4.79 Å². The summed E-state index contributed by atoms with van der Waals surface area (Å²) >= 11 is 0. The molecule has 6 heteroatoms. The van der Waals surface area contributed by atoms with Gasteiger partial charge in [0.25, 0.3) is 5.91 Å². The molecule has 0 aromatic rings.